The van der Waals surface area contributed by atoms with Crippen LogP contribution in [0.4, 0.5) is 0 Å². The molecule has 0 amide bonds. The molecule has 7 aromatic carbocycles. The van der Waals surface area contributed by atoms with Crippen molar-refractivity contribution in [2.24, 2.45) is 9.98 Å². The van der Waals surface area contributed by atoms with Crippen LogP contribution < -0.4 is 0 Å². The van der Waals surface area contributed by atoms with E-state index in [4.69, 9.17) is 9.98 Å². The second-order valence-corrected chi connectivity index (χ2v) is 14.3. The maximum Gasteiger partial charge on any atom is 0.160 e. The Morgan fingerprint density at radius 2 is 1.33 bits per heavy atom. The summed E-state index contributed by atoms with van der Waals surface area (Å²) < 4.78 is 4.89. The summed E-state index contributed by atoms with van der Waals surface area (Å²) in [5.74, 6) is 0.658. The first-order valence-electron chi connectivity index (χ1n) is 18.0. The van der Waals surface area contributed by atoms with Crippen molar-refractivity contribution >= 4 is 70.6 Å². The number of nitrogens with zero attached hydrogens (tertiary/aromatic N) is 4. The van der Waals surface area contributed by atoms with Crippen molar-refractivity contribution in [3.05, 3.63) is 192 Å². The molecule has 0 atom stereocenters. The summed E-state index contributed by atoms with van der Waals surface area (Å²) in [5, 5.41) is 14.5. The lowest BCUT2D eigenvalue weighted by atomic mass is 10.0. The molecule has 54 heavy (non-hydrogen) atoms. The summed E-state index contributed by atoms with van der Waals surface area (Å²) in [5.41, 5.74) is 10.9. The van der Waals surface area contributed by atoms with Gasteiger partial charge >= 0.3 is 0 Å². The molecule has 0 aliphatic carbocycles. The molecule has 4 nitrogen and oxygen atoms in total. The summed E-state index contributed by atoms with van der Waals surface area (Å²) in [6.45, 7) is 4.04. The monoisotopic (exact) mass is 710 g/mol. The van der Waals surface area contributed by atoms with Crippen molar-refractivity contribution in [1.82, 2.24) is 4.57 Å². The van der Waals surface area contributed by atoms with Gasteiger partial charge in [0.25, 0.3) is 0 Å². The van der Waals surface area contributed by atoms with Crippen LogP contribution in [-0.2, 0) is 0 Å². The van der Waals surface area contributed by atoms with E-state index in [-0.39, 0.29) is 0 Å². The zero-order valence-electron chi connectivity index (χ0n) is 29.9. The van der Waals surface area contributed by atoms with E-state index >= 15 is 0 Å². The van der Waals surface area contributed by atoms with E-state index in [9.17, 15) is 5.26 Å². The molecule has 0 unspecified atom stereocenters. The third-order valence-corrected chi connectivity index (χ3v) is 11.2. The lowest BCUT2D eigenvalue weighted by Gasteiger charge is -2.11. The lowest BCUT2D eigenvalue weighted by molar-refractivity contribution is 1.18. The van der Waals surface area contributed by atoms with Crippen molar-refractivity contribution in [1.29, 1.82) is 5.26 Å². The fourth-order valence-electron chi connectivity index (χ4n) is 7.35. The molecule has 9 rings (SSSR count). The third-order valence-electron chi connectivity index (χ3n) is 10.0. The number of nitriles is 1. The predicted octanol–water partition coefficient (Wildman–Crippen LogP) is 13.0. The van der Waals surface area contributed by atoms with Crippen LogP contribution in [0, 0.1) is 11.3 Å². The summed E-state index contributed by atoms with van der Waals surface area (Å²) in [6.07, 6.45) is 2.04. The van der Waals surface area contributed by atoms with Crippen LogP contribution in [0.2, 0.25) is 0 Å². The molecule has 0 saturated carbocycles. The Hall–Kier alpha value is -6.87. The second kappa shape index (κ2) is 13.9. The number of hydrogen-bond donors (Lipinski definition) is 0. The van der Waals surface area contributed by atoms with Crippen LogP contribution in [0.1, 0.15) is 36.1 Å². The van der Waals surface area contributed by atoms with E-state index in [0.717, 1.165) is 61.2 Å². The van der Waals surface area contributed by atoms with Gasteiger partial charge in [-0.25, -0.2) is 9.98 Å². The summed E-state index contributed by atoms with van der Waals surface area (Å²) in [4.78, 5) is 10.2. The predicted molar refractivity (Wildman–Crippen MR) is 229 cm³/mol. The fourth-order valence-corrected chi connectivity index (χ4v) is 8.58. The Balaban J connectivity index is 1.16. The molecule has 0 aliphatic heterocycles. The molecule has 0 saturated heterocycles. The van der Waals surface area contributed by atoms with Crippen molar-refractivity contribution in [2.75, 3.05) is 0 Å². The van der Waals surface area contributed by atoms with Gasteiger partial charge in [0.15, 0.2) is 5.84 Å². The molecule has 0 radical (unpaired) electrons. The quantitative estimate of drug-likeness (QED) is 0.125. The number of fused-ring (bicyclic) bond motifs is 6. The van der Waals surface area contributed by atoms with Gasteiger partial charge < -0.3 is 4.57 Å². The van der Waals surface area contributed by atoms with E-state index in [2.05, 4.69) is 114 Å². The van der Waals surface area contributed by atoms with Crippen molar-refractivity contribution in [2.45, 2.75) is 13.8 Å². The Bertz CT molecular complexity index is 2990. The molecule has 0 aliphatic rings. The number of aromatic nitrogens is 1. The maximum absolute atomic E-state index is 9.81. The average molecular weight is 711 g/mol. The highest BCUT2D eigenvalue weighted by Crippen LogP contribution is 2.42. The minimum Gasteiger partial charge on any atom is -0.309 e. The number of benzene rings is 7. The van der Waals surface area contributed by atoms with Crippen LogP contribution in [0.15, 0.2) is 180 Å². The summed E-state index contributed by atoms with van der Waals surface area (Å²) in [7, 11) is 0. The number of amidine groups is 1. The Morgan fingerprint density at radius 3 is 2.09 bits per heavy atom. The van der Waals surface area contributed by atoms with Crippen LogP contribution in [0.25, 0.3) is 64.5 Å². The number of thiophene rings is 1. The van der Waals surface area contributed by atoms with E-state index < -0.39 is 0 Å². The van der Waals surface area contributed by atoms with Gasteiger partial charge in [0.05, 0.1) is 28.4 Å². The minimum absolute atomic E-state index is 0.644. The summed E-state index contributed by atoms with van der Waals surface area (Å²) in [6, 6.07) is 59.2. The van der Waals surface area contributed by atoms with Gasteiger partial charge in [-0.3, -0.25) is 0 Å². The van der Waals surface area contributed by atoms with E-state index in [1.165, 1.54) is 25.7 Å². The maximum atomic E-state index is 9.81. The first-order valence-corrected chi connectivity index (χ1v) is 18.8. The van der Waals surface area contributed by atoms with Crippen LogP contribution in [0.3, 0.4) is 0 Å². The van der Waals surface area contributed by atoms with Gasteiger partial charge in [0.1, 0.15) is 0 Å². The molecular formula is C49H34N4S. The third kappa shape index (κ3) is 5.89. The molecular weight excluding hydrogens is 677 g/mol. The normalized spacial score (nSPS) is 12.6. The average Bonchev–Trinajstić information content (AvgIpc) is 3.78. The number of hydrogen-bond acceptors (Lipinski definition) is 3. The Kier molecular flexibility index (Phi) is 8.51. The van der Waals surface area contributed by atoms with Crippen molar-refractivity contribution in [3.63, 3.8) is 0 Å². The highest BCUT2D eigenvalue weighted by Gasteiger charge is 2.17. The zero-order chi connectivity index (χ0) is 36.6. The zero-order valence-corrected chi connectivity index (χ0v) is 30.7. The van der Waals surface area contributed by atoms with E-state index in [0.29, 0.717) is 11.4 Å². The fraction of sp³-hybridized carbons (Fsp3) is 0.0408. The molecule has 256 valence electrons. The van der Waals surface area contributed by atoms with Crippen LogP contribution in [-0.4, -0.2) is 16.1 Å². The lowest BCUT2D eigenvalue weighted by Crippen LogP contribution is -2.04. The second-order valence-electron chi connectivity index (χ2n) is 13.3. The standard InChI is InChI=1S/C49H34N4S/c1-3-44(52-49(36-15-8-5-9-16-36)51-32(2)34-13-6-4-7-14-34)35-22-25-38(26-23-35)53-45-28-21-33(31-50)29-43(45)40-27-24-37(30-46(40)53)39-18-12-19-42-41-17-10-11-20-47(41)54-48(39)42/h3-30H,1-2H3/b44-3-,51-32?,52-49?. The molecule has 0 N–H and O–H groups in total. The highest BCUT2D eigenvalue weighted by molar-refractivity contribution is 7.26. The van der Waals surface area contributed by atoms with E-state index in [1.807, 2.05) is 91.9 Å². The molecule has 2 aromatic heterocycles. The van der Waals surface area contributed by atoms with Gasteiger partial charge in [-0.05, 0) is 73.0 Å². The van der Waals surface area contributed by atoms with Crippen LogP contribution >= 0.6 is 11.3 Å². The summed E-state index contributed by atoms with van der Waals surface area (Å²) >= 11 is 1.84. The molecule has 5 heteroatoms. The van der Waals surface area contributed by atoms with Crippen molar-refractivity contribution < 1.29 is 0 Å². The Morgan fingerprint density at radius 1 is 0.611 bits per heavy atom. The SMILES string of the molecule is C/C=C(\N=C(N=C(C)c1ccccc1)c1ccccc1)c1ccc(-n2c3ccc(C#N)cc3c3ccc(-c4cccc5c4sc4ccccc45)cc32)cc1. The number of allylic oxidation sites excluding steroid dienone is 1. The molecule has 0 bridgehead atoms. The van der Waals surface area contributed by atoms with Crippen molar-refractivity contribution in [3.8, 4) is 22.9 Å². The number of rotatable bonds is 6. The van der Waals surface area contributed by atoms with Gasteiger partial charge in [0, 0.05) is 53.5 Å². The van der Waals surface area contributed by atoms with E-state index in [1.54, 1.807) is 0 Å². The largest absolute Gasteiger partial charge is 0.309 e. The first-order chi connectivity index (χ1) is 26.6. The molecule has 2 heterocycles. The van der Waals surface area contributed by atoms with Gasteiger partial charge in [-0.1, -0.05) is 127 Å². The topological polar surface area (TPSA) is 53.4 Å². The first kappa shape index (κ1) is 33.0. The van der Waals surface area contributed by atoms with Gasteiger partial charge in [-0.15, -0.1) is 11.3 Å². The minimum atomic E-state index is 0.644. The Labute approximate surface area is 317 Å². The highest BCUT2D eigenvalue weighted by atomic mass is 32.1. The molecule has 0 spiro atoms. The van der Waals surface area contributed by atoms with Gasteiger partial charge in [0.2, 0.25) is 0 Å². The van der Waals surface area contributed by atoms with Crippen LogP contribution in [0.5, 0.6) is 0 Å². The smallest absolute Gasteiger partial charge is 0.160 e. The molecule has 9 aromatic rings. The number of aliphatic imine (C=N–C) groups is 2. The van der Waals surface area contributed by atoms with Gasteiger partial charge in [-0.2, -0.15) is 5.26 Å². The molecule has 0 fully saturated rings.